The van der Waals surface area contributed by atoms with Crippen LogP contribution < -0.4 is 0 Å². The van der Waals surface area contributed by atoms with Crippen molar-refractivity contribution in [3.05, 3.63) is 23.8 Å². The second kappa shape index (κ2) is 9.57. The van der Waals surface area contributed by atoms with Crippen LogP contribution in [0.25, 0.3) is 0 Å². The Morgan fingerprint density at radius 1 is 1.46 bits per heavy atom. The van der Waals surface area contributed by atoms with Gasteiger partial charge in [0.05, 0.1) is 0 Å². The number of methoxy groups -OCH3 is 1. The fourth-order valence-corrected chi connectivity index (χ4v) is 0.910. The molecule has 75 valence electrons. The van der Waals surface area contributed by atoms with Gasteiger partial charge >= 0.3 is 42.6 Å². The number of halogens is 3. The zero-order valence-corrected chi connectivity index (χ0v) is 11.2. The average molecular weight is 278 g/mol. The summed E-state index contributed by atoms with van der Waals surface area (Å²) in [6, 6.07) is 0. The first kappa shape index (κ1) is 14.0. The molecule has 1 nitrogen and oxygen atoms in total. The van der Waals surface area contributed by atoms with Crippen molar-refractivity contribution in [2.24, 2.45) is 0 Å². The molecule has 0 bridgehead atoms. The first-order chi connectivity index (χ1) is 6.16. The summed E-state index contributed by atoms with van der Waals surface area (Å²) < 4.78 is 4.94. The SMILES string of the molecule is COCCC1=CC=CC1.[Cl][Ti]([Cl])[Cl]. The molecule has 0 atom stereocenters. The molecule has 0 amide bonds. The Labute approximate surface area is 97.2 Å². The molecule has 0 aromatic rings. The Kier molecular flexibility index (Phi) is 10.3. The molecule has 0 spiro atoms. The number of rotatable bonds is 3. The van der Waals surface area contributed by atoms with Crippen LogP contribution in [0.1, 0.15) is 12.8 Å². The summed E-state index contributed by atoms with van der Waals surface area (Å²) in [6.07, 6.45) is 8.65. The molecular weight excluding hydrogens is 266 g/mol. The first-order valence-corrected chi connectivity index (χ1v) is 10.3. The topological polar surface area (TPSA) is 9.23 Å². The Hall–Kier alpha value is 1.02. The van der Waals surface area contributed by atoms with Crippen molar-refractivity contribution in [1.82, 2.24) is 0 Å². The molecule has 0 saturated carbocycles. The van der Waals surface area contributed by atoms with Crippen molar-refractivity contribution in [3.63, 3.8) is 0 Å². The monoisotopic (exact) mass is 277 g/mol. The van der Waals surface area contributed by atoms with Crippen molar-refractivity contribution in [1.29, 1.82) is 0 Å². The van der Waals surface area contributed by atoms with Crippen LogP contribution in [-0.4, -0.2) is 13.7 Å². The Morgan fingerprint density at radius 2 is 2.08 bits per heavy atom. The quantitative estimate of drug-likeness (QED) is 0.710. The third-order valence-electron chi connectivity index (χ3n) is 1.48. The minimum absolute atomic E-state index is 0.855. The molecule has 0 fully saturated rings. The van der Waals surface area contributed by atoms with Gasteiger partial charge in [-0.1, -0.05) is 23.8 Å². The summed E-state index contributed by atoms with van der Waals surface area (Å²) in [6.45, 7) is 0.855. The molecule has 0 aliphatic heterocycles. The molecule has 1 aliphatic carbocycles. The van der Waals surface area contributed by atoms with Crippen LogP contribution in [0.15, 0.2) is 23.8 Å². The van der Waals surface area contributed by atoms with Crippen molar-refractivity contribution in [2.75, 3.05) is 13.7 Å². The van der Waals surface area contributed by atoms with Gasteiger partial charge in [-0.3, -0.25) is 0 Å². The third-order valence-corrected chi connectivity index (χ3v) is 1.48. The second-order valence-corrected chi connectivity index (χ2v) is 10.2. The first-order valence-electron chi connectivity index (χ1n) is 3.83. The number of hydrogen-bond donors (Lipinski definition) is 0. The van der Waals surface area contributed by atoms with E-state index in [0.29, 0.717) is 0 Å². The number of allylic oxidation sites excluding steroid dienone is 3. The van der Waals surface area contributed by atoms with Crippen LogP contribution in [0, 0.1) is 0 Å². The van der Waals surface area contributed by atoms with Crippen molar-refractivity contribution >= 4 is 27.9 Å². The third kappa shape index (κ3) is 10.9. The predicted molar refractivity (Wildman–Crippen MR) is 55.9 cm³/mol. The zero-order chi connectivity index (χ0) is 10.1. The molecule has 0 heterocycles. The molecule has 1 rings (SSSR count). The van der Waals surface area contributed by atoms with E-state index in [1.54, 1.807) is 7.11 Å². The maximum absolute atomic E-state index is 4.97. The van der Waals surface area contributed by atoms with Crippen LogP contribution >= 0.6 is 27.9 Å². The van der Waals surface area contributed by atoms with Crippen molar-refractivity contribution < 1.29 is 19.4 Å². The van der Waals surface area contributed by atoms with Crippen molar-refractivity contribution in [3.8, 4) is 0 Å². The summed E-state index contributed by atoms with van der Waals surface area (Å²) in [7, 11) is 16.7. The molecule has 0 saturated heterocycles. The van der Waals surface area contributed by atoms with Crippen LogP contribution in [0.2, 0.25) is 0 Å². The van der Waals surface area contributed by atoms with E-state index in [0.717, 1.165) is 19.4 Å². The standard InChI is InChI=1S/C8H12O.3ClH.Ti/c1-9-7-6-8-4-2-3-5-8;;;;/h2-4H,5-7H2,1H3;3*1H;/q;;;;+3/p-3. The van der Waals surface area contributed by atoms with Crippen LogP contribution in [-0.2, 0) is 19.4 Å². The van der Waals surface area contributed by atoms with E-state index >= 15 is 0 Å². The molecule has 0 aromatic heterocycles. The van der Waals surface area contributed by atoms with Gasteiger partial charge in [0.1, 0.15) is 0 Å². The van der Waals surface area contributed by atoms with Gasteiger partial charge in [0.25, 0.3) is 0 Å². The van der Waals surface area contributed by atoms with E-state index in [1.165, 1.54) is 5.57 Å². The van der Waals surface area contributed by atoms with E-state index in [2.05, 4.69) is 18.2 Å². The van der Waals surface area contributed by atoms with Gasteiger partial charge in [-0.2, -0.15) is 0 Å². The molecule has 0 unspecified atom stereocenters. The fraction of sp³-hybridized carbons (Fsp3) is 0.500. The molecule has 1 aliphatic rings. The fourth-order valence-electron chi connectivity index (χ4n) is 0.910. The number of hydrogen-bond acceptors (Lipinski definition) is 1. The Morgan fingerprint density at radius 3 is 2.46 bits per heavy atom. The summed E-state index contributed by atoms with van der Waals surface area (Å²) >= 11 is -1.92. The van der Waals surface area contributed by atoms with Gasteiger partial charge in [0.2, 0.25) is 0 Å². The van der Waals surface area contributed by atoms with Crippen LogP contribution in [0.5, 0.6) is 0 Å². The maximum atomic E-state index is 4.97. The average Bonchev–Trinajstić information content (AvgIpc) is 2.51. The summed E-state index contributed by atoms with van der Waals surface area (Å²) in [5, 5.41) is 0. The van der Waals surface area contributed by atoms with Gasteiger partial charge in [-0.15, -0.1) is 0 Å². The van der Waals surface area contributed by atoms with E-state index in [-0.39, 0.29) is 0 Å². The summed E-state index contributed by atoms with van der Waals surface area (Å²) in [4.78, 5) is 0. The summed E-state index contributed by atoms with van der Waals surface area (Å²) in [5.74, 6) is 0. The molecule has 0 N–H and O–H groups in total. The Bertz CT molecular complexity index is 177. The van der Waals surface area contributed by atoms with E-state index in [1.807, 2.05) is 0 Å². The second-order valence-electron chi connectivity index (χ2n) is 2.41. The Balaban J connectivity index is 0.000000310. The van der Waals surface area contributed by atoms with Crippen LogP contribution in [0.4, 0.5) is 0 Å². The van der Waals surface area contributed by atoms with E-state index < -0.39 is 14.7 Å². The van der Waals surface area contributed by atoms with Crippen molar-refractivity contribution in [2.45, 2.75) is 12.8 Å². The van der Waals surface area contributed by atoms with E-state index in [9.17, 15) is 0 Å². The van der Waals surface area contributed by atoms with Crippen LogP contribution in [0.3, 0.4) is 0 Å². The van der Waals surface area contributed by atoms with E-state index in [4.69, 9.17) is 32.7 Å². The van der Waals surface area contributed by atoms with Gasteiger partial charge in [-0.05, 0) is 12.8 Å². The molecule has 0 radical (unpaired) electrons. The van der Waals surface area contributed by atoms with Gasteiger partial charge < -0.3 is 4.74 Å². The summed E-state index contributed by atoms with van der Waals surface area (Å²) in [5.41, 5.74) is 1.48. The molecule has 13 heavy (non-hydrogen) atoms. The van der Waals surface area contributed by atoms with Gasteiger partial charge in [0, 0.05) is 13.7 Å². The van der Waals surface area contributed by atoms with Gasteiger partial charge in [0.15, 0.2) is 0 Å². The molecule has 5 heteroatoms. The minimum atomic E-state index is -1.92. The normalized spacial score (nSPS) is 13.4. The molecule has 0 aromatic carbocycles. The zero-order valence-electron chi connectivity index (χ0n) is 7.40. The number of ether oxygens (including phenoxy) is 1. The predicted octanol–water partition coefficient (Wildman–Crippen LogP) is 3.98. The molecular formula is C8H12Cl3OTi. The van der Waals surface area contributed by atoms with Gasteiger partial charge in [-0.25, -0.2) is 0 Å².